The highest BCUT2D eigenvalue weighted by Gasteiger charge is 2.45. The van der Waals surface area contributed by atoms with Gasteiger partial charge in [0, 0.05) is 12.6 Å². The molecule has 1 aliphatic heterocycles. The van der Waals surface area contributed by atoms with Crippen LogP contribution in [0.1, 0.15) is 33.1 Å². The van der Waals surface area contributed by atoms with Crippen molar-refractivity contribution >= 4 is 11.9 Å². The highest BCUT2D eigenvalue weighted by atomic mass is 16.2. The molecule has 1 aliphatic carbocycles. The summed E-state index contributed by atoms with van der Waals surface area (Å²) in [5.74, 6) is 0.468. The zero-order valence-electron chi connectivity index (χ0n) is 9.32. The van der Waals surface area contributed by atoms with E-state index in [0.29, 0.717) is 18.5 Å². The van der Waals surface area contributed by atoms with Crippen LogP contribution < -0.4 is 5.32 Å². The van der Waals surface area contributed by atoms with Gasteiger partial charge < -0.3 is 4.90 Å². The molecule has 0 bridgehead atoms. The zero-order valence-corrected chi connectivity index (χ0v) is 9.32. The van der Waals surface area contributed by atoms with Gasteiger partial charge in [0.2, 0.25) is 5.91 Å². The molecule has 3 unspecified atom stereocenters. The van der Waals surface area contributed by atoms with Gasteiger partial charge in [0.05, 0.1) is 5.92 Å². The summed E-state index contributed by atoms with van der Waals surface area (Å²) in [5, 5.41) is 2.41. The smallest absolute Gasteiger partial charge is 0.320 e. The maximum absolute atomic E-state index is 11.6. The second-order valence-corrected chi connectivity index (χ2v) is 4.70. The summed E-state index contributed by atoms with van der Waals surface area (Å²) in [6.07, 6.45) is 3.48. The molecule has 2 fully saturated rings. The lowest BCUT2D eigenvalue weighted by molar-refractivity contribution is -0.125. The average Bonchev–Trinajstić information content (AvgIpc) is 2.91. The van der Waals surface area contributed by atoms with Crippen LogP contribution in [0, 0.1) is 11.8 Å². The molecule has 2 rings (SSSR count). The van der Waals surface area contributed by atoms with Gasteiger partial charge in [-0.1, -0.05) is 20.3 Å². The zero-order chi connectivity index (χ0) is 11.0. The van der Waals surface area contributed by atoms with Crippen molar-refractivity contribution in [3.8, 4) is 0 Å². The molecule has 0 spiro atoms. The van der Waals surface area contributed by atoms with Crippen molar-refractivity contribution in [2.45, 2.75) is 39.2 Å². The standard InChI is InChI=1S/C11H18N2O2/c1-3-4-8-5-9(8)13-6-7(2)10(14)12-11(13)15/h7-9H,3-6H2,1-2H3,(H,12,14,15). The molecule has 3 atom stereocenters. The van der Waals surface area contributed by atoms with Crippen LogP contribution in [0.3, 0.4) is 0 Å². The highest BCUT2D eigenvalue weighted by molar-refractivity contribution is 5.98. The second-order valence-electron chi connectivity index (χ2n) is 4.70. The maximum atomic E-state index is 11.6. The molecule has 4 heteroatoms. The number of rotatable bonds is 3. The number of urea groups is 1. The van der Waals surface area contributed by atoms with Crippen LogP contribution in [0.5, 0.6) is 0 Å². The minimum atomic E-state index is -0.193. The topological polar surface area (TPSA) is 49.4 Å². The van der Waals surface area contributed by atoms with E-state index >= 15 is 0 Å². The van der Waals surface area contributed by atoms with Crippen LogP contribution in [0.2, 0.25) is 0 Å². The third-order valence-corrected chi connectivity index (χ3v) is 3.35. The molecule has 0 aromatic rings. The Bertz CT molecular complexity index is 290. The fourth-order valence-corrected chi connectivity index (χ4v) is 2.34. The Kier molecular flexibility index (Phi) is 2.67. The van der Waals surface area contributed by atoms with Gasteiger partial charge in [-0.3, -0.25) is 10.1 Å². The molecule has 3 amide bonds. The monoisotopic (exact) mass is 210 g/mol. The predicted octanol–water partition coefficient (Wildman–Crippen LogP) is 1.36. The van der Waals surface area contributed by atoms with E-state index in [2.05, 4.69) is 12.2 Å². The van der Waals surface area contributed by atoms with Gasteiger partial charge in [-0.2, -0.15) is 0 Å². The summed E-state index contributed by atoms with van der Waals surface area (Å²) in [4.78, 5) is 24.7. The summed E-state index contributed by atoms with van der Waals surface area (Å²) in [5.41, 5.74) is 0. The van der Waals surface area contributed by atoms with Crippen LogP contribution >= 0.6 is 0 Å². The predicted molar refractivity (Wildman–Crippen MR) is 56.2 cm³/mol. The normalized spacial score (nSPS) is 35.3. The SMILES string of the molecule is CCCC1CC1N1CC(C)C(=O)NC1=O. The number of imide groups is 1. The van der Waals surface area contributed by atoms with E-state index in [9.17, 15) is 9.59 Å². The molecular formula is C11H18N2O2. The molecule has 1 saturated heterocycles. The summed E-state index contributed by atoms with van der Waals surface area (Å²) < 4.78 is 0. The highest BCUT2D eigenvalue weighted by Crippen LogP contribution is 2.40. The summed E-state index contributed by atoms with van der Waals surface area (Å²) in [6, 6.07) is 0.196. The number of nitrogens with one attached hydrogen (secondary N) is 1. The van der Waals surface area contributed by atoms with Crippen molar-refractivity contribution in [2.24, 2.45) is 11.8 Å². The third kappa shape index (κ3) is 1.98. The number of carbonyl (C=O) groups excluding carboxylic acids is 2. The van der Waals surface area contributed by atoms with E-state index in [1.807, 2.05) is 11.8 Å². The van der Waals surface area contributed by atoms with Gasteiger partial charge in [0.15, 0.2) is 0 Å². The van der Waals surface area contributed by atoms with Crippen LogP contribution in [-0.2, 0) is 4.79 Å². The van der Waals surface area contributed by atoms with Gasteiger partial charge in [-0.05, 0) is 18.8 Å². The Hall–Kier alpha value is -1.06. The van der Waals surface area contributed by atoms with E-state index in [4.69, 9.17) is 0 Å². The quantitative estimate of drug-likeness (QED) is 0.764. The van der Waals surface area contributed by atoms with Gasteiger partial charge in [0.1, 0.15) is 0 Å². The van der Waals surface area contributed by atoms with Crippen LogP contribution in [-0.4, -0.2) is 29.4 Å². The Labute approximate surface area is 90.0 Å². The van der Waals surface area contributed by atoms with E-state index < -0.39 is 0 Å². The summed E-state index contributed by atoms with van der Waals surface area (Å²) >= 11 is 0. The lowest BCUT2D eigenvalue weighted by Crippen LogP contribution is -2.54. The molecule has 1 N–H and O–H groups in total. The van der Waals surface area contributed by atoms with Crippen LogP contribution in [0.15, 0.2) is 0 Å². The van der Waals surface area contributed by atoms with E-state index in [-0.39, 0.29) is 17.9 Å². The minimum absolute atomic E-state index is 0.0643. The first-order valence-corrected chi connectivity index (χ1v) is 5.75. The van der Waals surface area contributed by atoms with Crippen molar-refractivity contribution in [1.82, 2.24) is 10.2 Å². The lowest BCUT2D eigenvalue weighted by atomic mass is 10.1. The van der Waals surface area contributed by atoms with Crippen molar-refractivity contribution in [3.63, 3.8) is 0 Å². The molecular weight excluding hydrogens is 192 g/mol. The molecule has 0 radical (unpaired) electrons. The van der Waals surface area contributed by atoms with Crippen molar-refractivity contribution in [3.05, 3.63) is 0 Å². The second kappa shape index (κ2) is 3.83. The fourth-order valence-electron chi connectivity index (χ4n) is 2.34. The Morgan fingerprint density at radius 3 is 2.87 bits per heavy atom. The number of amides is 3. The number of hydrogen-bond acceptors (Lipinski definition) is 2. The molecule has 1 saturated carbocycles. The average molecular weight is 210 g/mol. The Morgan fingerprint density at radius 2 is 2.20 bits per heavy atom. The Morgan fingerprint density at radius 1 is 1.47 bits per heavy atom. The van der Waals surface area contributed by atoms with E-state index in [1.165, 1.54) is 12.8 Å². The number of carbonyl (C=O) groups is 2. The summed E-state index contributed by atoms with van der Waals surface area (Å²) in [6.45, 7) is 4.62. The fraction of sp³-hybridized carbons (Fsp3) is 0.818. The largest absolute Gasteiger partial charge is 0.324 e. The first kappa shape index (κ1) is 10.5. The van der Waals surface area contributed by atoms with Gasteiger partial charge in [-0.25, -0.2) is 4.79 Å². The van der Waals surface area contributed by atoms with Crippen molar-refractivity contribution in [2.75, 3.05) is 6.54 Å². The first-order valence-electron chi connectivity index (χ1n) is 5.75. The molecule has 15 heavy (non-hydrogen) atoms. The minimum Gasteiger partial charge on any atom is -0.320 e. The molecule has 2 aliphatic rings. The molecule has 84 valence electrons. The maximum Gasteiger partial charge on any atom is 0.324 e. The van der Waals surface area contributed by atoms with E-state index in [1.54, 1.807) is 0 Å². The van der Waals surface area contributed by atoms with Crippen LogP contribution in [0.4, 0.5) is 4.79 Å². The molecule has 0 aromatic carbocycles. The first-order chi connectivity index (χ1) is 7.13. The molecule has 0 aromatic heterocycles. The number of nitrogens with zero attached hydrogens (tertiary/aromatic N) is 1. The van der Waals surface area contributed by atoms with Gasteiger partial charge >= 0.3 is 6.03 Å². The molecule has 1 heterocycles. The van der Waals surface area contributed by atoms with Crippen molar-refractivity contribution < 1.29 is 9.59 Å². The third-order valence-electron chi connectivity index (χ3n) is 3.35. The Balaban J connectivity index is 1.93. The van der Waals surface area contributed by atoms with Crippen molar-refractivity contribution in [1.29, 1.82) is 0 Å². The number of hydrogen-bond donors (Lipinski definition) is 1. The van der Waals surface area contributed by atoms with Crippen LogP contribution in [0.25, 0.3) is 0 Å². The lowest BCUT2D eigenvalue weighted by Gasteiger charge is -2.30. The van der Waals surface area contributed by atoms with E-state index in [0.717, 1.165) is 6.42 Å². The van der Waals surface area contributed by atoms with Gasteiger partial charge in [0.25, 0.3) is 0 Å². The van der Waals surface area contributed by atoms with Gasteiger partial charge in [-0.15, -0.1) is 0 Å². The molecule has 4 nitrogen and oxygen atoms in total. The summed E-state index contributed by atoms with van der Waals surface area (Å²) in [7, 11) is 0.